The van der Waals surface area contributed by atoms with Gasteiger partial charge in [-0.3, -0.25) is 4.79 Å². The summed E-state index contributed by atoms with van der Waals surface area (Å²) in [5.74, 6) is -0.316. The minimum Gasteiger partial charge on any atom is -0.358 e. The zero-order valence-electron chi connectivity index (χ0n) is 13.2. The van der Waals surface area contributed by atoms with Crippen LogP contribution in [-0.2, 0) is 17.4 Å². The molecule has 0 saturated heterocycles. The van der Waals surface area contributed by atoms with Gasteiger partial charge in [0.1, 0.15) is 0 Å². The Balaban J connectivity index is 1.77. The number of carbonyl (C=O) groups is 1. The summed E-state index contributed by atoms with van der Waals surface area (Å²) in [5, 5.41) is 4.03. The molecule has 2 aromatic carbocycles. The molecule has 0 aliphatic rings. The molecule has 0 aliphatic carbocycles. The van der Waals surface area contributed by atoms with Gasteiger partial charge in [0.2, 0.25) is 5.91 Å². The van der Waals surface area contributed by atoms with Crippen molar-refractivity contribution in [1.29, 1.82) is 0 Å². The van der Waals surface area contributed by atoms with Gasteiger partial charge in [-0.15, -0.1) is 0 Å². The number of carbonyl (C=O) groups excluding carboxylic acids is 1. The Morgan fingerprint density at radius 1 is 1.16 bits per heavy atom. The van der Waals surface area contributed by atoms with Crippen LogP contribution in [0, 0.1) is 6.92 Å². The van der Waals surface area contributed by atoms with Gasteiger partial charge in [0.15, 0.2) is 0 Å². The van der Waals surface area contributed by atoms with Crippen molar-refractivity contribution in [2.24, 2.45) is 0 Å². The molecule has 2 N–H and O–H groups in total. The fourth-order valence-electron chi connectivity index (χ4n) is 2.69. The molecule has 1 heterocycles. The normalized spacial score (nSPS) is 11.7. The van der Waals surface area contributed by atoms with Crippen molar-refractivity contribution in [3.05, 3.63) is 64.3 Å². The topological polar surface area (TPSA) is 44.9 Å². The van der Waals surface area contributed by atoms with Crippen molar-refractivity contribution in [2.75, 3.05) is 5.32 Å². The number of rotatable bonds is 3. The van der Waals surface area contributed by atoms with Crippen LogP contribution < -0.4 is 5.32 Å². The van der Waals surface area contributed by atoms with Crippen LogP contribution in [0.1, 0.15) is 16.8 Å². The quantitative estimate of drug-likeness (QED) is 0.646. The molecule has 0 aliphatic heterocycles. The van der Waals surface area contributed by atoms with Gasteiger partial charge in [0.25, 0.3) is 0 Å². The molecular weight excluding hydrogens is 353 g/mol. The number of halogens is 4. The van der Waals surface area contributed by atoms with Gasteiger partial charge >= 0.3 is 6.18 Å². The van der Waals surface area contributed by atoms with Gasteiger partial charge in [0, 0.05) is 27.3 Å². The molecule has 0 unspecified atom stereocenters. The Hall–Kier alpha value is -2.47. The molecule has 0 spiro atoms. The van der Waals surface area contributed by atoms with E-state index in [0.717, 1.165) is 34.3 Å². The number of benzene rings is 2. The number of alkyl halides is 3. The van der Waals surface area contributed by atoms with E-state index >= 15 is 0 Å². The molecule has 0 bridgehead atoms. The van der Waals surface area contributed by atoms with Crippen LogP contribution in [0.3, 0.4) is 0 Å². The first kappa shape index (κ1) is 17.4. The van der Waals surface area contributed by atoms with Crippen molar-refractivity contribution < 1.29 is 18.0 Å². The third-order valence-corrected chi connectivity index (χ3v) is 4.15. The van der Waals surface area contributed by atoms with Crippen LogP contribution in [0.4, 0.5) is 18.9 Å². The molecule has 0 saturated carbocycles. The molecule has 0 fully saturated rings. The zero-order valence-corrected chi connectivity index (χ0v) is 13.9. The maximum atomic E-state index is 12.6. The number of hydrogen-bond donors (Lipinski definition) is 2. The van der Waals surface area contributed by atoms with E-state index in [1.807, 2.05) is 13.0 Å². The fourth-order valence-corrected chi connectivity index (χ4v) is 2.86. The Bertz CT molecular complexity index is 930. The molecule has 3 rings (SSSR count). The molecule has 7 heteroatoms. The monoisotopic (exact) mass is 366 g/mol. The summed E-state index contributed by atoms with van der Waals surface area (Å²) in [4.78, 5) is 15.4. The van der Waals surface area contributed by atoms with Gasteiger partial charge in [-0.2, -0.15) is 13.2 Å². The summed E-state index contributed by atoms with van der Waals surface area (Å²) in [6, 6.07) is 9.72. The Morgan fingerprint density at radius 2 is 1.84 bits per heavy atom. The van der Waals surface area contributed by atoms with E-state index < -0.39 is 11.7 Å². The first-order valence-corrected chi connectivity index (χ1v) is 7.85. The van der Waals surface area contributed by atoms with Gasteiger partial charge in [0.05, 0.1) is 12.0 Å². The lowest BCUT2D eigenvalue weighted by atomic mass is 10.1. The Labute approximate surface area is 146 Å². The number of aromatic nitrogens is 1. The number of anilines is 1. The second kappa shape index (κ2) is 6.44. The van der Waals surface area contributed by atoms with Crippen LogP contribution in [0.15, 0.2) is 42.5 Å². The lowest BCUT2D eigenvalue weighted by molar-refractivity contribution is -0.137. The average molecular weight is 367 g/mol. The van der Waals surface area contributed by atoms with E-state index in [2.05, 4.69) is 10.3 Å². The van der Waals surface area contributed by atoms with Crippen molar-refractivity contribution >= 4 is 34.1 Å². The molecule has 1 amide bonds. The predicted molar refractivity (Wildman–Crippen MR) is 91.8 cm³/mol. The van der Waals surface area contributed by atoms with Crippen molar-refractivity contribution in [2.45, 2.75) is 19.5 Å². The third kappa shape index (κ3) is 3.79. The maximum Gasteiger partial charge on any atom is 0.416 e. The van der Waals surface area contributed by atoms with Crippen LogP contribution in [0.5, 0.6) is 0 Å². The summed E-state index contributed by atoms with van der Waals surface area (Å²) >= 11 is 6.01. The molecule has 3 aromatic rings. The number of aromatic amines is 1. The number of aryl methyl sites for hydroxylation is 1. The molecule has 1 aromatic heterocycles. The summed E-state index contributed by atoms with van der Waals surface area (Å²) in [7, 11) is 0. The lowest BCUT2D eigenvalue weighted by Gasteiger charge is -2.09. The van der Waals surface area contributed by atoms with E-state index in [4.69, 9.17) is 11.6 Å². The highest BCUT2D eigenvalue weighted by Crippen LogP contribution is 2.30. The minimum atomic E-state index is -4.40. The van der Waals surface area contributed by atoms with Gasteiger partial charge in [-0.1, -0.05) is 11.6 Å². The minimum absolute atomic E-state index is 0.0905. The van der Waals surface area contributed by atoms with Gasteiger partial charge in [-0.05, 0) is 55.0 Å². The van der Waals surface area contributed by atoms with Gasteiger partial charge in [-0.25, -0.2) is 0 Å². The highest BCUT2D eigenvalue weighted by molar-refractivity contribution is 6.31. The second-order valence-corrected chi connectivity index (χ2v) is 6.15. The first-order valence-electron chi connectivity index (χ1n) is 7.48. The first-order chi connectivity index (χ1) is 11.7. The molecule has 0 atom stereocenters. The molecule has 130 valence electrons. The van der Waals surface area contributed by atoms with Crippen molar-refractivity contribution in [1.82, 2.24) is 4.98 Å². The SMILES string of the molecule is Cc1[nH]c2ccc(Cl)cc2c1CC(=O)Nc1ccc(C(F)(F)F)cc1. The van der Waals surface area contributed by atoms with E-state index in [-0.39, 0.29) is 12.3 Å². The largest absolute Gasteiger partial charge is 0.416 e. The van der Waals surface area contributed by atoms with E-state index in [1.54, 1.807) is 12.1 Å². The fraction of sp³-hybridized carbons (Fsp3) is 0.167. The van der Waals surface area contributed by atoms with Crippen molar-refractivity contribution in [3.63, 3.8) is 0 Å². The number of hydrogen-bond acceptors (Lipinski definition) is 1. The predicted octanol–water partition coefficient (Wildman–Crippen LogP) is 5.33. The average Bonchev–Trinajstić information content (AvgIpc) is 2.82. The van der Waals surface area contributed by atoms with E-state index in [0.29, 0.717) is 10.7 Å². The molecular formula is C18H14ClF3N2O. The molecule has 3 nitrogen and oxygen atoms in total. The maximum absolute atomic E-state index is 12.6. The summed E-state index contributed by atoms with van der Waals surface area (Å²) in [5.41, 5.74) is 2.09. The van der Waals surface area contributed by atoms with E-state index in [1.165, 1.54) is 12.1 Å². The standard InChI is InChI=1S/C18H14ClF3N2O/c1-10-14(15-8-12(19)4-7-16(15)23-10)9-17(25)24-13-5-2-11(3-6-13)18(20,21)22/h2-8,23H,9H2,1H3,(H,24,25). The highest BCUT2D eigenvalue weighted by Gasteiger charge is 2.30. The molecule has 25 heavy (non-hydrogen) atoms. The second-order valence-electron chi connectivity index (χ2n) is 5.72. The third-order valence-electron chi connectivity index (χ3n) is 3.91. The Kier molecular flexibility index (Phi) is 4.47. The van der Waals surface area contributed by atoms with Gasteiger partial charge < -0.3 is 10.3 Å². The lowest BCUT2D eigenvalue weighted by Crippen LogP contribution is -2.15. The van der Waals surface area contributed by atoms with Crippen molar-refractivity contribution in [3.8, 4) is 0 Å². The Morgan fingerprint density at radius 3 is 2.48 bits per heavy atom. The van der Waals surface area contributed by atoms with Crippen LogP contribution in [-0.4, -0.2) is 10.9 Å². The number of amides is 1. The van der Waals surface area contributed by atoms with E-state index in [9.17, 15) is 18.0 Å². The van der Waals surface area contributed by atoms with Crippen LogP contribution >= 0.6 is 11.6 Å². The zero-order chi connectivity index (χ0) is 18.2. The number of H-pyrrole nitrogens is 1. The van der Waals surface area contributed by atoms with Crippen LogP contribution in [0.25, 0.3) is 10.9 Å². The van der Waals surface area contributed by atoms with Crippen LogP contribution in [0.2, 0.25) is 5.02 Å². The summed E-state index contributed by atoms with van der Waals surface area (Å²) in [6.07, 6.45) is -4.31. The smallest absolute Gasteiger partial charge is 0.358 e. The number of fused-ring (bicyclic) bond motifs is 1. The summed E-state index contributed by atoms with van der Waals surface area (Å²) in [6.45, 7) is 1.86. The molecule has 0 radical (unpaired) electrons. The number of nitrogens with one attached hydrogen (secondary N) is 2. The summed E-state index contributed by atoms with van der Waals surface area (Å²) < 4.78 is 37.7. The highest BCUT2D eigenvalue weighted by atomic mass is 35.5.